The monoisotopic (exact) mass is 558 g/mol. The topological polar surface area (TPSA) is 169 Å². The average Bonchev–Trinajstić information content (AvgIpc) is 3.24. The zero-order chi connectivity index (χ0) is 27.6. The average molecular weight is 559 g/mol. The molecule has 6 heterocycles. The Hall–Kier alpha value is -4.35. The molecule has 0 aromatic carbocycles. The number of aryl methyl sites for hydroxylation is 2. The summed E-state index contributed by atoms with van der Waals surface area (Å²) in [5, 5.41) is 9.28. The first-order chi connectivity index (χ1) is 18.5. The summed E-state index contributed by atoms with van der Waals surface area (Å²) in [7, 11) is -1.90. The molecule has 4 aliphatic heterocycles. The number of fused-ring (bicyclic) bond motifs is 4. The normalized spacial score (nSPS) is 22.5. The Morgan fingerprint density at radius 2 is 1.15 bits per heavy atom. The standard InChI is InChI=1S/C22H22N8O8S/c1-25-19(31)5-13(7-23-25)15-3-17-11-27(9-15)21(33)29(17)37-39(35,36)38-30-18-4-16(10-28(12-18)22(30)34)14-6-20(32)26(2)24-8-14/h3-8,17-18H,9-12H2,1-2H3. The van der Waals surface area contributed by atoms with Crippen molar-refractivity contribution in [3.63, 3.8) is 0 Å². The molecule has 0 radical (unpaired) electrons. The molecule has 4 aliphatic rings. The largest absolute Gasteiger partial charge is 0.442 e. The molecule has 0 saturated carbocycles. The molecule has 2 unspecified atom stereocenters. The van der Waals surface area contributed by atoms with E-state index in [0.717, 1.165) is 9.36 Å². The van der Waals surface area contributed by atoms with Crippen LogP contribution in [0.25, 0.3) is 11.1 Å². The molecular formula is C22H22N8O8S. The minimum Gasteiger partial charge on any atom is -0.316 e. The number of rotatable bonds is 6. The van der Waals surface area contributed by atoms with E-state index in [-0.39, 0.29) is 37.3 Å². The first-order valence-corrected chi connectivity index (χ1v) is 13.1. The van der Waals surface area contributed by atoms with Crippen molar-refractivity contribution in [2.24, 2.45) is 14.1 Å². The predicted octanol–water partition coefficient (Wildman–Crippen LogP) is -1.31. The zero-order valence-electron chi connectivity index (χ0n) is 20.7. The fourth-order valence-corrected chi connectivity index (χ4v) is 5.62. The fourth-order valence-electron chi connectivity index (χ4n) is 4.85. The summed E-state index contributed by atoms with van der Waals surface area (Å²) in [6.45, 7) is 0.562. The number of aromatic nitrogens is 4. The Morgan fingerprint density at radius 1 is 0.744 bits per heavy atom. The lowest BCUT2D eigenvalue weighted by Gasteiger charge is -2.23. The third kappa shape index (κ3) is 4.39. The third-order valence-corrected chi connectivity index (χ3v) is 7.55. The van der Waals surface area contributed by atoms with E-state index in [2.05, 4.69) is 10.2 Å². The van der Waals surface area contributed by atoms with Gasteiger partial charge >= 0.3 is 22.5 Å². The van der Waals surface area contributed by atoms with E-state index in [9.17, 15) is 27.6 Å². The molecule has 2 fully saturated rings. The number of hydroxylamine groups is 4. The quantitative estimate of drug-likeness (QED) is 0.415. The highest BCUT2D eigenvalue weighted by Gasteiger charge is 2.47. The van der Waals surface area contributed by atoms with Crippen molar-refractivity contribution in [3.8, 4) is 0 Å². The number of carbonyl (C=O) groups is 2. The van der Waals surface area contributed by atoms with E-state index < -0.39 is 34.5 Å². The summed E-state index contributed by atoms with van der Waals surface area (Å²) in [6, 6.07) is -0.270. The molecule has 0 N–H and O–H groups in total. The van der Waals surface area contributed by atoms with Crippen molar-refractivity contribution in [1.29, 1.82) is 0 Å². The van der Waals surface area contributed by atoms with Crippen LogP contribution in [-0.4, -0.2) is 98.2 Å². The fraction of sp³-hybridized carbons (Fsp3) is 0.364. The molecule has 2 aromatic heterocycles. The minimum absolute atomic E-state index is 0.123. The molecule has 6 rings (SSSR count). The highest BCUT2D eigenvalue weighted by molar-refractivity contribution is 7.81. The number of hydrogen-bond acceptors (Lipinski definition) is 10. The maximum Gasteiger partial charge on any atom is 0.442 e. The van der Waals surface area contributed by atoms with Gasteiger partial charge in [-0.05, 0) is 11.1 Å². The van der Waals surface area contributed by atoms with Crippen LogP contribution in [0, 0.1) is 0 Å². The first-order valence-electron chi connectivity index (χ1n) is 11.8. The van der Waals surface area contributed by atoms with Gasteiger partial charge in [-0.3, -0.25) is 9.59 Å². The lowest BCUT2D eigenvalue weighted by atomic mass is 10.0. The Labute approximate surface area is 220 Å². The van der Waals surface area contributed by atoms with E-state index in [1.54, 1.807) is 12.2 Å². The third-order valence-electron chi connectivity index (χ3n) is 6.87. The van der Waals surface area contributed by atoms with Crippen LogP contribution < -0.4 is 11.1 Å². The maximum absolute atomic E-state index is 12.9. The molecule has 0 spiro atoms. The van der Waals surface area contributed by atoms with Gasteiger partial charge in [0.05, 0.1) is 24.5 Å². The van der Waals surface area contributed by atoms with Crippen LogP contribution in [0.4, 0.5) is 9.59 Å². The van der Waals surface area contributed by atoms with Gasteiger partial charge in [-0.1, -0.05) is 12.2 Å². The van der Waals surface area contributed by atoms with Gasteiger partial charge < -0.3 is 9.80 Å². The van der Waals surface area contributed by atoms with Crippen molar-refractivity contribution in [1.82, 2.24) is 39.5 Å². The molecular weight excluding hydrogens is 536 g/mol. The van der Waals surface area contributed by atoms with Gasteiger partial charge in [0.1, 0.15) is 0 Å². The van der Waals surface area contributed by atoms with Crippen molar-refractivity contribution in [3.05, 3.63) is 68.5 Å². The Morgan fingerprint density at radius 3 is 1.54 bits per heavy atom. The highest BCUT2D eigenvalue weighted by Crippen LogP contribution is 2.32. The maximum atomic E-state index is 12.9. The Kier molecular flexibility index (Phi) is 5.67. The number of hydrogen-bond donors (Lipinski definition) is 0. The van der Waals surface area contributed by atoms with Gasteiger partial charge in [0.15, 0.2) is 0 Å². The summed E-state index contributed by atoms with van der Waals surface area (Å²) < 4.78 is 38.1. The van der Waals surface area contributed by atoms with E-state index in [0.29, 0.717) is 32.4 Å². The number of nitrogens with zero attached hydrogens (tertiary/aromatic N) is 8. The van der Waals surface area contributed by atoms with Crippen molar-refractivity contribution in [2.45, 2.75) is 12.1 Å². The van der Waals surface area contributed by atoms with Crippen molar-refractivity contribution < 1.29 is 26.6 Å². The second-order valence-corrected chi connectivity index (χ2v) is 10.6. The SMILES string of the molecule is Cn1ncc(C2=CC3CN(C2)C(=O)N3OS(=O)(=O)ON2C(=O)N3CC(c4cnn(C)c(=O)c4)=CC2C3)cc1=O. The van der Waals surface area contributed by atoms with E-state index in [1.807, 2.05) is 0 Å². The van der Waals surface area contributed by atoms with Crippen LogP contribution >= 0.6 is 0 Å². The second-order valence-electron chi connectivity index (χ2n) is 9.47. The number of amides is 4. The molecule has 16 nitrogen and oxygen atoms in total. The molecule has 2 saturated heterocycles. The van der Waals surface area contributed by atoms with Gasteiger partial charge in [0.25, 0.3) is 11.1 Å². The van der Waals surface area contributed by atoms with Gasteiger partial charge in [-0.25, -0.2) is 19.0 Å². The van der Waals surface area contributed by atoms with Crippen LogP contribution in [0.1, 0.15) is 11.1 Å². The van der Waals surface area contributed by atoms with Crippen molar-refractivity contribution >= 4 is 33.6 Å². The molecule has 2 atom stereocenters. The predicted molar refractivity (Wildman–Crippen MR) is 131 cm³/mol. The lowest BCUT2D eigenvalue weighted by molar-refractivity contribution is -0.0723. The highest BCUT2D eigenvalue weighted by atomic mass is 32.3. The van der Waals surface area contributed by atoms with Gasteiger partial charge in [0, 0.05) is 63.5 Å². The van der Waals surface area contributed by atoms with Crippen LogP contribution in [0.3, 0.4) is 0 Å². The molecule has 4 amide bonds. The van der Waals surface area contributed by atoms with Gasteiger partial charge in [-0.2, -0.15) is 28.7 Å². The van der Waals surface area contributed by atoms with Crippen LogP contribution in [0.15, 0.2) is 46.3 Å². The summed E-state index contributed by atoms with van der Waals surface area (Å²) in [6.07, 6.45) is 6.21. The zero-order valence-corrected chi connectivity index (χ0v) is 21.5. The summed E-state index contributed by atoms with van der Waals surface area (Å²) in [5.74, 6) is 0. The number of carbonyl (C=O) groups excluding carboxylic acids is 2. The van der Waals surface area contributed by atoms with Gasteiger partial charge in [0.2, 0.25) is 0 Å². The molecule has 2 aromatic rings. The molecule has 4 bridgehead atoms. The Bertz CT molecular complexity index is 1580. The first kappa shape index (κ1) is 25.0. The molecule has 17 heteroatoms. The summed E-state index contributed by atoms with van der Waals surface area (Å²) >= 11 is 0. The Balaban J connectivity index is 1.20. The molecule has 204 valence electrons. The van der Waals surface area contributed by atoms with Crippen LogP contribution in [0.2, 0.25) is 0 Å². The van der Waals surface area contributed by atoms with Crippen LogP contribution in [-0.2, 0) is 33.1 Å². The summed E-state index contributed by atoms with van der Waals surface area (Å²) in [5.41, 5.74) is 1.54. The van der Waals surface area contributed by atoms with E-state index >= 15 is 0 Å². The molecule has 39 heavy (non-hydrogen) atoms. The molecule has 0 aliphatic carbocycles. The van der Waals surface area contributed by atoms with E-state index in [4.69, 9.17) is 8.57 Å². The minimum atomic E-state index is -4.91. The summed E-state index contributed by atoms with van der Waals surface area (Å²) in [4.78, 5) is 52.4. The van der Waals surface area contributed by atoms with Crippen molar-refractivity contribution in [2.75, 3.05) is 26.2 Å². The van der Waals surface area contributed by atoms with Crippen LogP contribution in [0.5, 0.6) is 0 Å². The second kappa shape index (κ2) is 8.85. The lowest BCUT2D eigenvalue weighted by Crippen LogP contribution is -2.40. The van der Waals surface area contributed by atoms with Gasteiger partial charge in [-0.15, -0.1) is 8.57 Å². The smallest absolute Gasteiger partial charge is 0.316 e. The number of urea groups is 2. The van der Waals surface area contributed by atoms with E-state index in [1.165, 1.54) is 48.4 Å².